The third-order valence-corrected chi connectivity index (χ3v) is 5.10. The molecule has 0 bridgehead atoms. The number of para-hydroxylation sites is 1. The Balaban J connectivity index is 2.52. The number of benzene rings is 2. The van der Waals surface area contributed by atoms with Gasteiger partial charge in [0.2, 0.25) is 0 Å². The highest BCUT2D eigenvalue weighted by molar-refractivity contribution is 5.50. The molecule has 0 spiro atoms. The van der Waals surface area contributed by atoms with Crippen molar-refractivity contribution in [3.05, 3.63) is 64.7 Å². The van der Waals surface area contributed by atoms with Crippen LogP contribution in [-0.2, 0) is 18.3 Å². The minimum Gasteiger partial charge on any atom is -0.508 e. The van der Waals surface area contributed by atoms with Crippen LogP contribution in [0.5, 0.6) is 5.75 Å². The number of hydrogen-bond donors (Lipinski definition) is 1. The van der Waals surface area contributed by atoms with Crippen molar-refractivity contribution in [3.8, 4) is 5.75 Å². The van der Waals surface area contributed by atoms with Gasteiger partial charge >= 0.3 is 0 Å². The van der Waals surface area contributed by atoms with Gasteiger partial charge in [-0.05, 0) is 48.4 Å². The third kappa shape index (κ3) is 4.01. The smallest absolute Gasteiger partial charge is 0.119 e. The van der Waals surface area contributed by atoms with Gasteiger partial charge in [0.1, 0.15) is 5.75 Å². The molecule has 2 aromatic carbocycles. The van der Waals surface area contributed by atoms with Gasteiger partial charge in [0.25, 0.3) is 0 Å². The minimum absolute atomic E-state index is 0.198. The van der Waals surface area contributed by atoms with Gasteiger partial charge in [0, 0.05) is 11.0 Å². The van der Waals surface area contributed by atoms with Crippen LogP contribution in [0.4, 0.5) is 0 Å². The molecule has 0 heterocycles. The normalized spacial score (nSPS) is 11.7. The second-order valence-electron chi connectivity index (χ2n) is 7.29. The molecule has 1 nitrogen and oxygen atoms in total. The second-order valence-corrected chi connectivity index (χ2v) is 7.29. The molecule has 0 aromatic heterocycles. The van der Waals surface area contributed by atoms with Crippen molar-refractivity contribution in [2.24, 2.45) is 0 Å². The van der Waals surface area contributed by atoms with E-state index < -0.39 is 0 Å². The second kappa shape index (κ2) is 8.37. The fourth-order valence-electron chi connectivity index (χ4n) is 3.62. The van der Waals surface area contributed by atoms with Crippen molar-refractivity contribution in [3.63, 3.8) is 0 Å². The van der Waals surface area contributed by atoms with E-state index in [9.17, 15) is 5.11 Å². The van der Waals surface area contributed by atoms with Gasteiger partial charge in [-0.2, -0.15) is 0 Å². The molecule has 0 unspecified atom stereocenters. The molecule has 0 aliphatic carbocycles. The zero-order valence-corrected chi connectivity index (χ0v) is 15.7. The van der Waals surface area contributed by atoms with Gasteiger partial charge in [-0.15, -0.1) is 0 Å². The minimum atomic E-state index is -0.198. The quantitative estimate of drug-likeness (QED) is 0.595. The molecule has 1 N–H and O–H groups in total. The van der Waals surface area contributed by atoms with Crippen LogP contribution in [0.1, 0.15) is 75.6 Å². The van der Waals surface area contributed by atoms with Gasteiger partial charge in [0.05, 0.1) is 0 Å². The average Bonchev–Trinajstić information content (AvgIpc) is 2.58. The maximum absolute atomic E-state index is 10.4. The topological polar surface area (TPSA) is 20.2 Å². The molecular weight excluding hydrogens is 292 g/mol. The predicted octanol–water partition coefficient (Wildman–Crippen LogP) is 6.40. The largest absolute Gasteiger partial charge is 0.508 e. The lowest BCUT2D eigenvalue weighted by atomic mass is 9.73. The van der Waals surface area contributed by atoms with Crippen molar-refractivity contribution in [2.75, 3.05) is 0 Å². The van der Waals surface area contributed by atoms with Crippen molar-refractivity contribution < 1.29 is 5.11 Å². The van der Waals surface area contributed by atoms with E-state index in [2.05, 4.69) is 52.0 Å². The zero-order chi connectivity index (χ0) is 17.6. The molecule has 2 aromatic rings. The Morgan fingerprint density at radius 3 is 2.08 bits per heavy atom. The first-order valence-electron chi connectivity index (χ1n) is 9.42. The number of phenols is 1. The summed E-state index contributed by atoms with van der Waals surface area (Å²) in [5, 5.41) is 10.4. The predicted molar refractivity (Wildman–Crippen MR) is 104 cm³/mol. The number of hydrogen-bond acceptors (Lipinski definition) is 1. The number of aryl methyl sites for hydroxylation is 1. The van der Waals surface area contributed by atoms with Crippen LogP contribution in [0, 0.1) is 0 Å². The Kier molecular flexibility index (Phi) is 6.48. The summed E-state index contributed by atoms with van der Waals surface area (Å²) in [4.78, 5) is 0. The van der Waals surface area contributed by atoms with Crippen molar-refractivity contribution in [1.82, 2.24) is 0 Å². The van der Waals surface area contributed by atoms with E-state index in [0.29, 0.717) is 5.75 Å². The number of phenolic OH excluding ortho intramolecular Hbond substituents is 1. The number of unbranched alkanes of at least 4 members (excludes halogenated alkanes) is 2. The maximum Gasteiger partial charge on any atom is 0.119 e. The first kappa shape index (κ1) is 18.6. The van der Waals surface area contributed by atoms with Crippen LogP contribution in [0.3, 0.4) is 0 Å². The summed E-state index contributed by atoms with van der Waals surface area (Å²) < 4.78 is 0. The molecule has 0 saturated heterocycles. The summed E-state index contributed by atoms with van der Waals surface area (Å²) in [5.74, 6) is 0.392. The third-order valence-electron chi connectivity index (χ3n) is 5.10. The lowest BCUT2D eigenvalue weighted by molar-refractivity contribution is 0.452. The van der Waals surface area contributed by atoms with E-state index in [-0.39, 0.29) is 5.41 Å². The molecule has 0 saturated carbocycles. The van der Waals surface area contributed by atoms with Crippen LogP contribution in [0.2, 0.25) is 0 Å². The highest BCUT2D eigenvalue weighted by Gasteiger charge is 2.28. The Hall–Kier alpha value is -1.76. The highest BCUT2D eigenvalue weighted by Crippen LogP contribution is 2.39. The molecule has 0 amide bonds. The molecule has 24 heavy (non-hydrogen) atoms. The monoisotopic (exact) mass is 324 g/mol. The SMILES string of the molecule is CCCCc1cccc(C(C)(C)c2ccccc2O)c1CCCC. The van der Waals surface area contributed by atoms with Gasteiger partial charge in [-0.25, -0.2) is 0 Å². The summed E-state index contributed by atoms with van der Waals surface area (Å²) in [6.07, 6.45) is 7.16. The van der Waals surface area contributed by atoms with Crippen molar-refractivity contribution >= 4 is 0 Å². The Morgan fingerprint density at radius 1 is 0.792 bits per heavy atom. The fraction of sp³-hybridized carbons (Fsp3) is 0.478. The molecule has 0 atom stereocenters. The summed E-state index contributed by atoms with van der Waals surface area (Å²) in [6, 6.07) is 14.5. The first-order chi connectivity index (χ1) is 11.5. The van der Waals surface area contributed by atoms with E-state index >= 15 is 0 Å². The van der Waals surface area contributed by atoms with Crippen LogP contribution in [-0.4, -0.2) is 5.11 Å². The number of rotatable bonds is 8. The molecule has 0 aliphatic heterocycles. The van der Waals surface area contributed by atoms with Gasteiger partial charge < -0.3 is 5.11 Å². The summed E-state index contributed by atoms with van der Waals surface area (Å²) >= 11 is 0. The molecule has 0 radical (unpaired) electrons. The Morgan fingerprint density at radius 2 is 1.42 bits per heavy atom. The van der Waals surface area contributed by atoms with E-state index in [1.807, 2.05) is 12.1 Å². The van der Waals surface area contributed by atoms with E-state index in [4.69, 9.17) is 0 Å². The van der Waals surface area contributed by atoms with Crippen LogP contribution in [0.15, 0.2) is 42.5 Å². The van der Waals surface area contributed by atoms with Crippen molar-refractivity contribution in [2.45, 2.75) is 71.6 Å². The summed E-state index contributed by atoms with van der Waals surface area (Å²) in [7, 11) is 0. The van der Waals surface area contributed by atoms with Gasteiger partial charge in [-0.3, -0.25) is 0 Å². The van der Waals surface area contributed by atoms with E-state index in [1.54, 1.807) is 6.07 Å². The highest BCUT2D eigenvalue weighted by atomic mass is 16.3. The summed E-state index contributed by atoms with van der Waals surface area (Å²) in [6.45, 7) is 8.97. The molecule has 1 heteroatoms. The Labute approximate surface area is 147 Å². The lowest BCUT2D eigenvalue weighted by Gasteiger charge is -2.30. The first-order valence-corrected chi connectivity index (χ1v) is 9.42. The van der Waals surface area contributed by atoms with Crippen LogP contribution < -0.4 is 0 Å². The van der Waals surface area contributed by atoms with Crippen LogP contribution >= 0.6 is 0 Å². The fourth-order valence-corrected chi connectivity index (χ4v) is 3.62. The molecule has 2 rings (SSSR count). The van der Waals surface area contributed by atoms with Gasteiger partial charge in [-0.1, -0.05) is 76.9 Å². The molecule has 0 aliphatic rings. The molecule has 130 valence electrons. The molecular formula is C23H32O. The maximum atomic E-state index is 10.4. The lowest BCUT2D eigenvalue weighted by Crippen LogP contribution is -2.22. The van der Waals surface area contributed by atoms with Crippen LogP contribution in [0.25, 0.3) is 0 Å². The summed E-state index contributed by atoms with van der Waals surface area (Å²) in [5.41, 5.74) is 5.17. The molecule has 0 fully saturated rings. The van der Waals surface area contributed by atoms with Gasteiger partial charge in [0.15, 0.2) is 0 Å². The Bertz CT molecular complexity index is 655. The zero-order valence-electron chi connectivity index (χ0n) is 15.7. The standard InChI is InChI=1S/C23H32O/c1-5-7-12-18-13-11-16-20(19(18)14-8-6-2)23(3,4)21-15-9-10-17-22(21)24/h9-11,13,15-17,24H,5-8,12,14H2,1-4H3. The van der Waals surface area contributed by atoms with Crippen molar-refractivity contribution in [1.29, 1.82) is 0 Å². The van der Waals surface area contributed by atoms with E-state index in [0.717, 1.165) is 18.4 Å². The average molecular weight is 325 g/mol. The van der Waals surface area contributed by atoms with E-state index in [1.165, 1.54) is 42.4 Å². The number of aromatic hydroxyl groups is 1.